The molecule has 0 aliphatic rings. The molecule has 0 aliphatic carbocycles. The van der Waals surface area contributed by atoms with Crippen LogP contribution < -0.4 is 5.32 Å². The average molecular weight is 280 g/mol. The normalized spacial score (nSPS) is 12.2. The quantitative estimate of drug-likeness (QED) is 0.792. The maximum Gasteiger partial charge on any atom is 0.203 e. The predicted molar refractivity (Wildman–Crippen MR) is 87.3 cm³/mol. The Kier molecular flexibility index (Phi) is 6.53. The van der Waals surface area contributed by atoms with Gasteiger partial charge < -0.3 is 9.88 Å². The Balaban J connectivity index is 2.66. The van der Waals surface area contributed by atoms with E-state index in [0.717, 1.165) is 31.3 Å². The highest BCUT2D eigenvalue weighted by Gasteiger charge is 2.14. The van der Waals surface area contributed by atoms with Crippen LogP contribution in [0.1, 0.15) is 47.2 Å². The fourth-order valence-electron chi connectivity index (χ4n) is 2.49. The highest BCUT2D eigenvalue weighted by atomic mass is 15.2. The van der Waals surface area contributed by atoms with Gasteiger partial charge in [0.1, 0.15) is 0 Å². The minimum Gasteiger partial charge on any atom is -0.355 e. The molecule has 0 unspecified atom stereocenters. The van der Waals surface area contributed by atoms with E-state index in [1.165, 1.54) is 0 Å². The monoisotopic (exact) mass is 280 g/mol. The van der Waals surface area contributed by atoms with E-state index in [2.05, 4.69) is 74.4 Å². The van der Waals surface area contributed by atoms with Crippen LogP contribution in [0, 0.1) is 12.8 Å². The van der Waals surface area contributed by atoms with Crippen molar-refractivity contribution < 1.29 is 0 Å². The van der Waals surface area contributed by atoms with Crippen molar-refractivity contribution in [2.45, 2.75) is 67.1 Å². The Labute approximate surface area is 124 Å². The smallest absolute Gasteiger partial charge is 0.203 e. The summed E-state index contributed by atoms with van der Waals surface area (Å²) < 4.78 is 2.25. The van der Waals surface area contributed by atoms with Gasteiger partial charge in [-0.1, -0.05) is 13.8 Å². The Morgan fingerprint density at radius 1 is 1.15 bits per heavy atom. The molecule has 1 rings (SSSR count). The zero-order valence-electron chi connectivity index (χ0n) is 14.3. The molecule has 0 aliphatic heterocycles. The number of nitrogens with zero attached hydrogens (tertiary/aromatic N) is 3. The summed E-state index contributed by atoms with van der Waals surface area (Å²) in [6, 6.07) is 1.15. The minimum absolute atomic E-state index is 0.576. The van der Waals surface area contributed by atoms with E-state index in [-0.39, 0.29) is 0 Å². The zero-order chi connectivity index (χ0) is 15.3. The Morgan fingerprint density at radius 2 is 1.75 bits per heavy atom. The molecule has 0 saturated heterocycles. The molecule has 1 heterocycles. The van der Waals surface area contributed by atoms with E-state index in [1.807, 2.05) is 0 Å². The highest BCUT2D eigenvalue weighted by molar-refractivity contribution is 5.28. The molecule has 0 bridgehead atoms. The molecule has 0 aromatic carbocycles. The molecule has 0 atom stereocenters. The number of aryl methyl sites for hydroxylation is 1. The van der Waals surface area contributed by atoms with Crippen LogP contribution in [0.25, 0.3) is 0 Å². The summed E-state index contributed by atoms with van der Waals surface area (Å²) >= 11 is 0. The largest absolute Gasteiger partial charge is 0.355 e. The lowest BCUT2D eigenvalue weighted by Crippen LogP contribution is -2.39. The van der Waals surface area contributed by atoms with Crippen molar-refractivity contribution in [2.24, 2.45) is 5.92 Å². The molecule has 4 nitrogen and oxygen atoms in total. The summed E-state index contributed by atoms with van der Waals surface area (Å²) in [4.78, 5) is 7.10. The van der Waals surface area contributed by atoms with Gasteiger partial charge in [-0.05, 0) is 40.5 Å². The second-order valence-electron chi connectivity index (χ2n) is 6.60. The van der Waals surface area contributed by atoms with Gasteiger partial charge in [0, 0.05) is 37.9 Å². The number of hydrogen-bond donors (Lipinski definition) is 1. The van der Waals surface area contributed by atoms with E-state index >= 15 is 0 Å². The third kappa shape index (κ3) is 5.16. The van der Waals surface area contributed by atoms with Gasteiger partial charge in [-0.2, -0.15) is 0 Å². The van der Waals surface area contributed by atoms with E-state index in [9.17, 15) is 0 Å². The second kappa shape index (κ2) is 7.67. The predicted octanol–water partition coefficient (Wildman–Crippen LogP) is 3.38. The molecule has 0 spiro atoms. The van der Waals surface area contributed by atoms with Crippen LogP contribution in [-0.4, -0.2) is 39.6 Å². The van der Waals surface area contributed by atoms with Crippen molar-refractivity contribution >= 4 is 5.95 Å². The molecule has 1 aromatic heterocycles. The molecular weight excluding hydrogens is 248 g/mol. The topological polar surface area (TPSA) is 33.1 Å². The van der Waals surface area contributed by atoms with Crippen LogP contribution in [-0.2, 0) is 6.54 Å². The number of anilines is 1. The zero-order valence-corrected chi connectivity index (χ0v) is 14.3. The van der Waals surface area contributed by atoms with E-state index in [0.29, 0.717) is 18.0 Å². The molecule has 0 saturated carbocycles. The van der Waals surface area contributed by atoms with Crippen LogP contribution in [0.3, 0.4) is 0 Å². The lowest BCUT2D eigenvalue weighted by molar-refractivity contribution is 0.168. The number of hydrogen-bond acceptors (Lipinski definition) is 3. The van der Waals surface area contributed by atoms with Crippen molar-refractivity contribution in [1.29, 1.82) is 0 Å². The summed E-state index contributed by atoms with van der Waals surface area (Å²) in [6.07, 6.45) is 2.14. The summed E-state index contributed by atoms with van der Waals surface area (Å²) in [6.45, 7) is 18.5. The van der Waals surface area contributed by atoms with Crippen molar-refractivity contribution in [3.8, 4) is 0 Å². The van der Waals surface area contributed by atoms with Crippen molar-refractivity contribution in [3.05, 3.63) is 11.9 Å². The number of aromatic nitrogens is 2. The minimum atomic E-state index is 0.576. The third-order valence-electron chi connectivity index (χ3n) is 3.49. The average Bonchev–Trinajstić information content (AvgIpc) is 2.66. The van der Waals surface area contributed by atoms with E-state index < -0.39 is 0 Å². The maximum atomic E-state index is 4.58. The Morgan fingerprint density at radius 3 is 2.25 bits per heavy atom. The number of nitrogens with one attached hydrogen (secondary N) is 1. The van der Waals surface area contributed by atoms with Gasteiger partial charge in [0.25, 0.3) is 0 Å². The molecular formula is C16H32N4. The van der Waals surface area contributed by atoms with Crippen molar-refractivity contribution in [2.75, 3.05) is 18.4 Å². The SMILES string of the molecule is Cc1cn(CCN(C(C)C)C(C)C)c(NCC(C)C)n1. The third-order valence-corrected chi connectivity index (χ3v) is 3.49. The van der Waals surface area contributed by atoms with Crippen LogP contribution >= 0.6 is 0 Å². The summed E-state index contributed by atoms with van der Waals surface area (Å²) in [7, 11) is 0. The maximum absolute atomic E-state index is 4.58. The highest BCUT2D eigenvalue weighted by Crippen LogP contribution is 2.11. The first kappa shape index (κ1) is 17.0. The number of imidazole rings is 1. The summed E-state index contributed by atoms with van der Waals surface area (Å²) in [5.74, 6) is 1.63. The van der Waals surface area contributed by atoms with Gasteiger partial charge in [-0.25, -0.2) is 4.98 Å². The molecule has 0 fully saturated rings. The molecule has 1 aromatic rings. The van der Waals surface area contributed by atoms with Crippen molar-refractivity contribution in [1.82, 2.24) is 14.5 Å². The van der Waals surface area contributed by atoms with E-state index in [1.54, 1.807) is 0 Å². The summed E-state index contributed by atoms with van der Waals surface area (Å²) in [5, 5.41) is 3.45. The first-order valence-corrected chi connectivity index (χ1v) is 7.84. The van der Waals surface area contributed by atoms with Crippen LogP contribution in [0.4, 0.5) is 5.95 Å². The van der Waals surface area contributed by atoms with Crippen LogP contribution in [0.15, 0.2) is 6.20 Å². The lowest BCUT2D eigenvalue weighted by Gasteiger charge is -2.30. The van der Waals surface area contributed by atoms with Gasteiger partial charge in [-0.3, -0.25) is 4.90 Å². The fraction of sp³-hybridized carbons (Fsp3) is 0.812. The van der Waals surface area contributed by atoms with E-state index in [4.69, 9.17) is 0 Å². The molecule has 20 heavy (non-hydrogen) atoms. The van der Waals surface area contributed by atoms with Gasteiger partial charge in [-0.15, -0.1) is 0 Å². The second-order valence-corrected chi connectivity index (χ2v) is 6.60. The molecule has 116 valence electrons. The van der Waals surface area contributed by atoms with Gasteiger partial charge in [0.2, 0.25) is 5.95 Å². The van der Waals surface area contributed by atoms with Gasteiger partial charge in [0.05, 0.1) is 5.69 Å². The summed E-state index contributed by atoms with van der Waals surface area (Å²) in [5.41, 5.74) is 1.08. The van der Waals surface area contributed by atoms with Gasteiger partial charge in [0.15, 0.2) is 0 Å². The molecule has 4 heteroatoms. The standard InChI is InChI=1S/C16H32N4/c1-12(2)10-17-16-18-15(7)11-19(16)8-9-20(13(3)4)14(5)6/h11-14H,8-10H2,1-7H3,(H,17,18). The molecule has 0 radical (unpaired) electrons. The van der Waals surface area contributed by atoms with Crippen LogP contribution in [0.5, 0.6) is 0 Å². The molecule has 0 amide bonds. The number of rotatable bonds is 8. The van der Waals surface area contributed by atoms with Crippen LogP contribution in [0.2, 0.25) is 0 Å². The Hall–Kier alpha value is -1.03. The first-order valence-electron chi connectivity index (χ1n) is 7.84. The molecule has 1 N–H and O–H groups in total. The van der Waals surface area contributed by atoms with Crippen molar-refractivity contribution in [3.63, 3.8) is 0 Å². The lowest BCUT2D eigenvalue weighted by atomic mass is 10.2. The Bertz CT molecular complexity index is 385. The first-order chi connectivity index (χ1) is 9.31. The van der Waals surface area contributed by atoms with Gasteiger partial charge >= 0.3 is 0 Å². The fourth-order valence-corrected chi connectivity index (χ4v) is 2.49.